The van der Waals surface area contributed by atoms with Gasteiger partial charge in [0.1, 0.15) is 0 Å². The summed E-state index contributed by atoms with van der Waals surface area (Å²) in [4.78, 5) is 12.1. The number of hydrogen-bond acceptors (Lipinski definition) is 6. The maximum Gasteiger partial charge on any atom is 0.264 e. The van der Waals surface area contributed by atoms with Gasteiger partial charge in [-0.1, -0.05) is 68.7 Å². The molecule has 34 heavy (non-hydrogen) atoms. The average Bonchev–Trinajstić information content (AvgIpc) is 3.07. The second kappa shape index (κ2) is 14.4. The van der Waals surface area contributed by atoms with Gasteiger partial charge in [-0.25, -0.2) is 13.1 Å². The van der Waals surface area contributed by atoms with Crippen molar-refractivity contribution >= 4 is 15.9 Å². The second-order valence-corrected chi connectivity index (χ2v) is 10.7. The highest BCUT2D eigenvalue weighted by Crippen LogP contribution is 2.36. The highest BCUT2D eigenvalue weighted by molar-refractivity contribution is 7.90. The molecule has 0 aliphatic heterocycles. The number of nitrogens with one attached hydrogen (secondary N) is 1. The third-order valence-corrected chi connectivity index (χ3v) is 7.62. The first-order chi connectivity index (χ1) is 16.2. The van der Waals surface area contributed by atoms with Gasteiger partial charge >= 0.3 is 0 Å². The third kappa shape index (κ3) is 9.33. The molecule has 1 aromatic rings. The summed E-state index contributed by atoms with van der Waals surface area (Å²) in [5.41, 5.74) is 0. The minimum absolute atomic E-state index is 0.0534. The first kappa shape index (κ1) is 28.2. The molecular weight excluding hydrogens is 454 g/mol. The Morgan fingerprint density at radius 2 is 1.85 bits per heavy atom. The molecule has 0 aromatic heterocycles. The number of carbonyl (C=O) groups excluding carboxylic acids is 1. The molecule has 1 amide bonds. The fourth-order valence-corrected chi connectivity index (χ4v) is 5.31. The Kier molecular flexibility index (Phi) is 12.0. The van der Waals surface area contributed by atoms with Gasteiger partial charge in [0.25, 0.3) is 10.0 Å². The van der Waals surface area contributed by atoms with Crippen molar-refractivity contribution in [3.8, 4) is 0 Å². The molecule has 190 valence electrons. The summed E-state index contributed by atoms with van der Waals surface area (Å²) >= 11 is 0. The summed E-state index contributed by atoms with van der Waals surface area (Å²) in [5, 5.41) is 30.8. The molecule has 0 unspecified atom stereocenters. The van der Waals surface area contributed by atoms with Gasteiger partial charge in [0.2, 0.25) is 5.91 Å². The van der Waals surface area contributed by atoms with E-state index in [-0.39, 0.29) is 23.2 Å². The lowest BCUT2D eigenvalue weighted by Gasteiger charge is -2.19. The van der Waals surface area contributed by atoms with Gasteiger partial charge in [-0.3, -0.25) is 4.79 Å². The Morgan fingerprint density at radius 3 is 2.56 bits per heavy atom. The number of aliphatic hydroxyl groups excluding tert-OH is 3. The predicted octanol–water partition coefficient (Wildman–Crippen LogP) is 3.46. The van der Waals surface area contributed by atoms with Crippen molar-refractivity contribution in [2.24, 2.45) is 11.8 Å². The average molecular weight is 494 g/mol. The van der Waals surface area contributed by atoms with Gasteiger partial charge in [-0.05, 0) is 43.7 Å². The molecule has 2 rings (SSSR count). The molecule has 1 aliphatic rings. The minimum atomic E-state index is -3.85. The summed E-state index contributed by atoms with van der Waals surface area (Å²) in [6.07, 6.45) is 11.5. The molecule has 1 aromatic carbocycles. The smallest absolute Gasteiger partial charge is 0.264 e. The third-order valence-electron chi connectivity index (χ3n) is 6.23. The van der Waals surface area contributed by atoms with Crippen LogP contribution >= 0.6 is 0 Å². The van der Waals surface area contributed by atoms with Crippen LogP contribution in [-0.4, -0.2) is 48.0 Å². The van der Waals surface area contributed by atoms with Gasteiger partial charge in [0.15, 0.2) is 0 Å². The zero-order valence-corrected chi connectivity index (χ0v) is 20.7. The molecule has 0 saturated heterocycles. The zero-order valence-electron chi connectivity index (χ0n) is 19.9. The minimum Gasteiger partial charge on any atom is -0.393 e. The van der Waals surface area contributed by atoms with Crippen molar-refractivity contribution in [1.82, 2.24) is 4.72 Å². The van der Waals surface area contributed by atoms with Crippen LogP contribution in [0.15, 0.2) is 59.5 Å². The van der Waals surface area contributed by atoms with Crippen LogP contribution in [0.25, 0.3) is 0 Å². The number of unbranched alkanes of at least 4 members (excludes halogenated alkanes) is 3. The molecule has 0 radical (unpaired) electrons. The van der Waals surface area contributed by atoms with Gasteiger partial charge in [0.05, 0.1) is 23.2 Å². The molecule has 0 heterocycles. The van der Waals surface area contributed by atoms with E-state index in [1.807, 2.05) is 18.2 Å². The van der Waals surface area contributed by atoms with E-state index >= 15 is 0 Å². The first-order valence-electron chi connectivity index (χ1n) is 12.2. The molecular formula is C26H39NO6S. The Balaban J connectivity index is 1.75. The summed E-state index contributed by atoms with van der Waals surface area (Å²) in [5.74, 6) is -0.895. The van der Waals surface area contributed by atoms with E-state index in [0.717, 1.165) is 19.3 Å². The summed E-state index contributed by atoms with van der Waals surface area (Å²) in [6.45, 7) is 2.11. The Labute approximate surface area is 203 Å². The van der Waals surface area contributed by atoms with Gasteiger partial charge < -0.3 is 15.3 Å². The van der Waals surface area contributed by atoms with Gasteiger partial charge in [0, 0.05) is 18.8 Å². The maximum absolute atomic E-state index is 12.2. The molecule has 0 bridgehead atoms. The topological polar surface area (TPSA) is 124 Å². The molecule has 1 saturated carbocycles. The number of amides is 1. The Hall–Kier alpha value is -2.00. The quantitative estimate of drug-likeness (QED) is 0.232. The summed E-state index contributed by atoms with van der Waals surface area (Å²) in [7, 11) is -3.85. The van der Waals surface area contributed by atoms with Crippen molar-refractivity contribution in [3.05, 3.63) is 54.6 Å². The van der Waals surface area contributed by atoms with Crippen LogP contribution < -0.4 is 4.72 Å². The lowest BCUT2D eigenvalue weighted by molar-refractivity contribution is -0.119. The van der Waals surface area contributed by atoms with E-state index in [2.05, 4.69) is 11.6 Å². The SMILES string of the molecule is CCCCC[C@H](O)/C=C/[C@@H]1[C@@H](C/C=C\CCCC(=O)NS(=O)(=O)c2ccccc2)[C@@H](O)C[C@H]1O. The van der Waals surface area contributed by atoms with Crippen molar-refractivity contribution in [2.75, 3.05) is 0 Å². The van der Waals surface area contributed by atoms with E-state index in [0.29, 0.717) is 32.1 Å². The standard InChI is InChI=1S/C26H39NO6S/c1-2-3-7-12-20(28)17-18-23-22(24(29)19-25(23)30)15-10-4-5-11-16-26(31)27-34(32,33)21-13-8-6-9-14-21/h4,6,8-10,13-14,17-18,20,22-25,28-30H,2-3,5,7,11-12,15-16,19H2,1H3,(H,27,31)/b10-4-,18-17+/t20-,22+,23+,24-,25+/m0/s1. The normalized spacial score (nSPS) is 24.1. The lowest BCUT2D eigenvalue weighted by atomic mass is 9.89. The number of hydrogen-bond donors (Lipinski definition) is 4. The highest BCUT2D eigenvalue weighted by atomic mass is 32.2. The molecule has 1 fully saturated rings. The molecule has 7 nitrogen and oxygen atoms in total. The number of allylic oxidation sites excluding steroid dienone is 2. The molecule has 8 heteroatoms. The number of aliphatic hydroxyl groups is 3. The van der Waals surface area contributed by atoms with E-state index < -0.39 is 34.2 Å². The van der Waals surface area contributed by atoms with Crippen LogP contribution in [-0.2, 0) is 14.8 Å². The van der Waals surface area contributed by atoms with E-state index in [4.69, 9.17) is 0 Å². The van der Waals surface area contributed by atoms with E-state index in [1.165, 1.54) is 12.1 Å². The number of benzene rings is 1. The van der Waals surface area contributed by atoms with Gasteiger partial charge in [-0.2, -0.15) is 0 Å². The van der Waals surface area contributed by atoms with E-state index in [9.17, 15) is 28.5 Å². The monoisotopic (exact) mass is 493 g/mol. The van der Waals surface area contributed by atoms with Crippen molar-refractivity contribution in [3.63, 3.8) is 0 Å². The van der Waals surface area contributed by atoms with Crippen LogP contribution in [0.2, 0.25) is 0 Å². The molecule has 4 N–H and O–H groups in total. The van der Waals surface area contributed by atoms with Crippen LogP contribution in [0.3, 0.4) is 0 Å². The maximum atomic E-state index is 12.2. The Bertz CT molecular complexity index is 899. The fraction of sp³-hybridized carbons (Fsp3) is 0.577. The zero-order chi connectivity index (χ0) is 25.0. The van der Waals surface area contributed by atoms with Crippen LogP contribution in [0, 0.1) is 11.8 Å². The molecule has 1 aliphatic carbocycles. The van der Waals surface area contributed by atoms with Crippen molar-refractivity contribution in [2.45, 2.75) is 87.9 Å². The molecule has 5 atom stereocenters. The van der Waals surface area contributed by atoms with Gasteiger partial charge in [-0.15, -0.1) is 0 Å². The summed E-state index contributed by atoms with van der Waals surface area (Å²) < 4.78 is 26.4. The van der Waals surface area contributed by atoms with E-state index in [1.54, 1.807) is 24.3 Å². The fourth-order valence-electron chi connectivity index (χ4n) is 4.27. The van der Waals surface area contributed by atoms with Crippen LogP contribution in [0.1, 0.15) is 64.7 Å². The van der Waals surface area contributed by atoms with Crippen molar-refractivity contribution < 1.29 is 28.5 Å². The van der Waals surface area contributed by atoms with Crippen LogP contribution in [0.5, 0.6) is 0 Å². The Morgan fingerprint density at radius 1 is 1.12 bits per heavy atom. The number of sulfonamides is 1. The first-order valence-corrected chi connectivity index (χ1v) is 13.7. The lowest BCUT2D eigenvalue weighted by Crippen LogP contribution is -2.30. The largest absolute Gasteiger partial charge is 0.393 e. The van der Waals surface area contributed by atoms with Crippen molar-refractivity contribution in [1.29, 1.82) is 0 Å². The second-order valence-electron chi connectivity index (χ2n) is 9.00. The highest BCUT2D eigenvalue weighted by Gasteiger charge is 2.39. The number of rotatable bonds is 14. The molecule has 0 spiro atoms. The number of carbonyl (C=O) groups is 1. The summed E-state index contributed by atoms with van der Waals surface area (Å²) in [6, 6.07) is 7.76. The predicted molar refractivity (Wildman–Crippen MR) is 132 cm³/mol. The van der Waals surface area contributed by atoms with Crippen LogP contribution in [0.4, 0.5) is 0 Å².